The summed E-state index contributed by atoms with van der Waals surface area (Å²) in [7, 11) is 0. The highest BCUT2D eigenvalue weighted by Gasteiger charge is 2.06. The Morgan fingerprint density at radius 1 is 1.38 bits per heavy atom. The van der Waals surface area contributed by atoms with Crippen molar-refractivity contribution in [1.82, 2.24) is 0 Å². The first kappa shape index (κ1) is 9.85. The molecule has 13 heavy (non-hydrogen) atoms. The summed E-state index contributed by atoms with van der Waals surface area (Å²) in [6, 6.07) is 2.10. The Kier molecular flexibility index (Phi) is 2.77. The predicted molar refractivity (Wildman–Crippen MR) is 51.5 cm³/mol. The molecular weight excluding hydrogens is 194 g/mol. The molecule has 2 nitrogen and oxygen atoms in total. The van der Waals surface area contributed by atoms with Crippen molar-refractivity contribution in [3.05, 3.63) is 29.3 Å². The molecule has 1 rings (SSSR count). The van der Waals surface area contributed by atoms with E-state index in [1.807, 2.05) is 0 Å². The molecule has 1 aromatic rings. The zero-order chi connectivity index (χ0) is 10.0. The molecule has 0 aromatic heterocycles. The molecule has 0 atom stereocenters. The monoisotopic (exact) mass is 202 g/mol. The molecule has 0 aliphatic rings. The van der Waals surface area contributed by atoms with Gasteiger partial charge in [-0.15, -0.1) is 0 Å². The van der Waals surface area contributed by atoms with Crippen molar-refractivity contribution in [1.29, 1.82) is 0 Å². The number of halogens is 2. The molecule has 0 aliphatic heterocycles. The number of thiocarbonyl (C=S) groups is 1. The maximum atomic E-state index is 13.0. The van der Waals surface area contributed by atoms with E-state index in [-0.39, 0.29) is 16.4 Å². The standard InChI is InChI=1S/C8H8F2N2S/c1-4-2-6(10)7(3-5(4)9)12-8(11)13/h2-3H,1H3,(H3,11,12,13). The van der Waals surface area contributed by atoms with Gasteiger partial charge in [-0.2, -0.15) is 0 Å². The Morgan fingerprint density at radius 3 is 2.54 bits per heavy atom. The zero-order valence-electron chi connectivity index (χ0n) is 6.90. The third-order valence-corrected chi connectivity index (χ3v) is 1.61. The molecule has 0 saturated heterocycles. The number of nitrogens with one attached hydrogen (secondary N) is 1. The van der Waals surface area contributed by atoms with Gasteiger partial charge in [0.05, 0.1) is 5.69 Å². The summed E-state index contributed by atoms with van der Waals surface area (Å²) >= 11 is 4.49. The maximum absolute atomic E-state index is 13.0. The highest BCUT2D eigenvalue weighted by molar-refractivity contribution is 7.80. The Hall–Kier alpha value is -1.23. The minimum Gasteiger partial charge on any atom is -0.376 e. The van der Waals surface area contributed by atoms with Crippen LogP contribution in [0.3, 0.4) is 0 Å². The van der Waals surface area contributed by atoms with E-state index in [4.69, 9.17) is 5.73 Å². The van der Waals surface area contributed by atoms with E-state index in [0.717, 1.165) is 12.1 Å². The maximum Gasteiger partial charge on any atom is 0.168 e. The molecule has 0 amide bonds. The van der Waals surface area contributed by atoms with Crippen LogP contribution in [0, 0.1) is 18.6 Å². The van der Waals surface area contributed by atoms with Gasteiger partial charge in [-0.25, -0.2) is 8.78 Å². The van der Waals surface area contributed by atoms with Crippen molar-refractivity contribution < 1.29 is 8.78 Å². The van der Waals surface area contributed by atoms with Crippen molar-refractivity contribution in [3.8, 4) is 0 Å². The van der Waals surface area contributed by atoms with E-state index in [1.54, 1.807) is 0 Å². The molecule has 3 N–H and O–H groups in total. The molecular formula is C8H8F2N2S. The Bertz CT molecular complexity index is 352. The lowest BCUT2D eigenvalue weighted by Crippen LogP contribution is -2.19. The largest absolute Gasteiger partial charge is 0.376 e. The fourth-order valence-electron chi connectivity index (χ4n) is 0.875. The summed E-state index contributed by atoms with van der Waals surface area (Å²) in [6.07, 6.45) is 0. The van der Waals surface area contributed by atoms with Crippen LogP contribution >= 0.6 is 12.2 Å². The van der Waals surface area contributed by atoms with Gasteiger partial charge in [0, 0.05) is 6.07 Å². The molecule has 0 unspecified atom stereocenters. The first-order chi connectivity index (χ1) is 6.00. The molecule has 0 radical (unpaired) electrons. The van der Waals surface area contributed by atoms with Gasteiger partial charge in [-0.1, -0.05) is 0 Å². The van der Waals surface area contributed by atoms with Gasteiger partial charge < -0.3 is 11.1 Å². The zero-order valence-corrected chi connectivity index (χ0v) is 7.71. The first-order valence-electron chi connectivity index (χ1n) is 3.53. The Morgan fingerprint density at radius 2 is 2.00 bits per heavy atom. The lowest BCUT2D eigenvalue weighted by atomic mass is 10.2. The summed E-state index contributed by atoms with van der Waals surface area (Å²) in [4.78, 5) is 0. The van der Waals surface area contributed by atoms with Crippen molar-refractivity contribution in [2.24, 2.45) is 5.73 Å². The minimum atomic E-state index is -0.577. The fraction of sp³-hybridized carbons (Fsp3) is 0.125. The highest BCUT2D eigenvalue weighted by Crippen LogP contribution is 2.18. The summed E-state index contributed by atoms with van der Waals surface area (Å²) in [5.74, 6) is -1.08. The molecule has 0 bridgehead atoms. The van der Waals surface area contributed by atoms with E-state index in [0.29, 0.717) is 0 Å². The van der Waals surface area contributed by atoms with Crippen LogP contribution in [0.2, 0.25) is 0 Å². The molecule has 5 heteroatoms. The topological polar surface area (TPSA) is 38.0 Å². The summed E-state index contributed by atoms with van der Waals surface area (Å²) in [6.45, 7) is 1.48. The molecule has 0 aliphatic carbocycles. The molecule has 0 heterocycles. The quantitative estimate of drug-likeness (QED) is 0.683. The van der Waals surface area contributed by atoms with E-state index in [9.17, 15) is 8.78 Å². The average molecular weight is 202 g/mol. The number of nitrogens with two attached hydrogens (primary N) is 1. The van der Waals surface area contributed by atoms with Crippen LogP contribution < -0.4 is 11.1 Å². The number of anilines is 1. The van der Waals surface area contributed by atoms with Gasteiger partial charge in [0.2, 0.25) is 0 Å². The number of hydrogen-bond acceptors (Lipinski definition) is 1. The van der Waals surface area contributed by atoms with Crippen LogP contribution in [0.25, 0.3) is 0 Å². The van der Waals surface area contributed by atoms with E-state index in [1.165, 1.54) is 6.92 Å². The van der Waals surface area contributed by atoms with Crippen LogP contribution in [0.4, 0.5) is 14.5 Å². The fourth-order valence-corrected chi connectivity index (χ4v) is 0.985. The molecule has 0 spiro atoms. The van der Waals surface area contributed by atoms with E-state index in [2.05, 4.69) is 17.5 Å². The van der Waals surface area contributed by atoms with Crippen LogP contribution in [-0.2, 0) is 0 Å². The van der Waals surface area contributed by atoms with Crippen molar-refractivity contribution in [2.75, 3.05) is 5.32 Å². The van der Waals surface area contributed by atoms with Crippen LogP contribution in [-0.4, -0.2) is 5.11 Å². The molecule has 1 aromatic carbocycles. The third kappa shape index (κ3) is 2.35. The molecule has 70 valence electrons. The molecule has 0 fully saturated rings. The van der Waals surface area contributed by atoms with Crippen LogP contribution in [0.5, 0.6) is 0 Å². The van der Waals surface area contributed by atoms with Crippen LogP contribution in [0.1, 0.15) is 5.56 Å². The first-order valence-corrected chi connectivity index (χ1v) is 3.93. The summed E-state index contributed by atoms with van der Waals surface area (Å²) < 4.78 is 26.0. The predicted octanol–water partition coefficient (Wildman–Crippen LogP) is 1.93. The number of rotatable bonds is 1. The summed E-state index contributed by atoms with van der Waals surface area (Å²) in [5, 5.41) is 2.24. The normalized spacial score (nSPS) is 9.77. The number of hydrogen-bond donors (Lipinski definition) is 2. The average Bonchev–Trinajstić information content (AvgIpc) is 1.99. The third-order valence-electron chi connectivity index (χ3n) is 1.51. The van der Waals surface area contributed by atoms with Gasteiger partial charge >= 0.3 is 0 Å². The molecule has 0 saturated carbocycles. The van der Waals surface area contributed by atoms with Gasteiger partial charge in [0.25, 0.3) is 0 Å². The van der Waals surface area contributed by atoms with E-state index >= 15 is 0 Å². The second kappa shape index (κ2) is 3.66. The SMILES string of the molecule is Cc1cc(F)c(NC(N)=S)cc1F. The lowest BCUT2D eigenvalue weighted by Gasteiger charge is -2.06. The van der Waals surface area contributed by atoms with Gasteiger partial charge in [-0.3, -0.25) is 0 Å². The highest BCUT2D eigenvalue weighted by atomic mass is 32.1. The number of aryl methyl sites for hydroxylation is 1. The van der Waals surface area contributed by atoms with Gasteiger partial charge in [-0.05, 0) is 30.8 Å². The lowest BCUT2D eigenvalue weighted by molar-refractivity contribution is 0.596. The van der Waals surface area contributed by atoms with Crippen LogP contribution in [0.15, 0.2) is 12.1 Å². The van der Waals surface area contributed by atoms with Crippen molar-refractivity contribution in [2.45, 2.75) is 6.92 Å². The van der Waals surface area contributed by atoms with E-state index < -0.39 is 11.6 Å². The number of benzene rings is 1. The smallest absolute Gasteiger partial charge is 0.168 e. The Balaban J connectivity index is 3.08. The van der Waals surface area contributed by atoms with Gasteiger partial charge in [0.1, 0.15) is 11.6 Å². The Labute approximate surface area is 79.7 Å². The van der Waals surface area contributed by atoms with Crippen molar-refractivity contribution in [3.63, 3.8) is 0 Å². The van der Waals surface area contributed by atoms with Crippen molar-refractivity contribution >= 4 is 23.0 Å². The second-order valence-electron chi connectivity index (χ2n) is 2.57. The second-order valence-corrected chi connectivity index (χ2v) is 3.01. The minimum absolute atomic E-state index is 0.0457. The summed E-state index contributed by atoms with van der Waals surface area (Å²) in [5.41, 5.74) is 5.31. The van der Waals surface area contributed by atoms with Gasteiger partial charge in [0.15, 0.2) is 5.11 Å².